The number of rotatable bonds is 2. The Morgan fingerprint density at radius 1 is 1.17 bits per heavy atom. The second-order valence-corrected chi connectivity index (χ2v) is 4.41. The Balaban J connectivity index is 2.82. The molecule has 0 aliphatic rings. The highest BCUT2D eigenvalue weighted by Crippen LogP contribution is 2.34. The largest absolute Gasteiger partial charge is 0.573 e. The van der Waals surface area contributed by atoms with Crippen LogP contribution in [0.1, 0.15) is 11.1 Å². The van der Waals surface area contributed by atoms with Gasteiger partial charge in [0.05, 0.1) is 0 Å². The van der Waals surface area contributed by atoms with Crippen LogP contribution in [0, 0.1) is 28.5 Å². The molecule has 0 radical (unpaired) electrons. The maximum atomic E-state index is 14.1. The van der Waals surface area contributed by atoms with E-state index in [1.807, 2.05) is 4.98 Å². The second-order valence-electron chi connectivity index (χ2n) is 4.41. The smallest absolute Gasteiger partial charge is 0.406 e. The summed E-state index contributed by atoms with van der Waals surface area (Å²) in [5.41, 5.74) is 2.24. The number of nitrogens with one attached hydrogen (secondary N) is 1. The van der Waals surface area contributed by atoms with Gasteiger partial charge in [-0.25, -0.2) is 4.39 Å². The van der Waals surface area contributed by atoms with E-state index >= 15 is 0 Å². The number of alkyl halides is 3. The lowest BCUT2D eigenvalue weighted by Crippen LogP contribution is -2.18. The van der Waals surface area contributed by atoms with Crippen molar-refractivity contribution >= 4 is 5.82 Å². The number of ether oxygens (including phenoxy) is 1. The zero-order valence-electron chi connectivity index (χ0n) is 11.5. The third kappa shape index (κ3) is 3.13. The van der Waals surface area contributed by atoms with Crippen LogP contribution in [-0.4, -0.2) is 11.3 Å². The highest BCUT2D eigenvalue weighted by molar-refractivity contribution is 5.81. The molecular weight excluding hydrogens is 332 g/mol. The molecule has 0 saturated carbocycles. The van der Waals surface area contributed by atoms with Gasteiger partial charge in [0.15, 0.2) is 0 Å². The zero-order chi connectivity index (χ0) is 18.1. The summed E-state index contributed by atoms with van der Waals surface area (Å²) in [5, 5.41) is 18.2. The fraction of sp³-hybridized carbons (Fsp3) is 0.0714. The van der Waals surface area contributed by atoms with E-state index in [0.29, 0.717) is 18.2 Å². The van der Waals surface area contributed by atoms with Gasteiger partial charge in [-0.05, 0) is 18.2 Å². The van der Waals surface area contributed by atoms with E-state index in [-0.39, 0.29) is 0 Å². The number of nitriles is 2. The van der Waals surface area contributed by atoms with Crippen LogP contribution in [0.2, 0.25) is 0 Å². The molecule has 0 spiro atoms. The van der Waals surface area contributed by atoms with Crippen molar-refractivity contribution in [3.05, 3.63) is 45.5 Å². The molecule has 122 valence electrons. The first-order valence-corrected chi connectivity index (χ1v) is 6.09. The van der Waals surface area contributed by atoms with Crippen LogP contribution in [0.15, 0.2) is 23.0 Å². The van der Waals surface area contributed by atoms with Gasteiger partial charge in [0, 0.05) is 11.1 Å². The van der Waals surface area contributed by atoms with E-state index in [1.165, 1.54) is 6.07 Å². The number of benzene rings is 1. The molecule has 1 aromatic carbocycles. The molecule has 2 rings (SSSR count). The molecule has 0 amide bonds. The van der Waals surface area contributed by atoms with Crippen molar-refractivity contribution in [2.45, 2.75) is 6.36 Å². The van der Waals surface area contributed by atoms with Crippen molar-refractivity contribution < 1.29 is 22.3 Å². The minimum atomic E-state index is -5.03. The number of halogens is 4. The Kier molecular flexibility index (Phi) is 4.16. The van der Waals surface area contributed by atoms with E-state index in [0.717, 1.165) is 0 Å². The molecule has 0 unspecified atom stereocenters. The average Bonchev–Trinajstić information content (AvgIpc) is 2.47. The molecule has 6 nitrogen and oxygen atoms in total. The number of nitrogen functional groups attached to an aromatic ring is 1. The monoisotopic (exact) mass is 338 g/mol. The zero-order valence-corrected chi connectivity index (χ0v) is 11.5. The van der Waals surface area contributed by atoms with Gasteiger partial charge in [0.25, 0.3) is 5.56 Å². The van der Waals surface area contributed by atoms with E-state index in [4.69, 9.17) is 16.3 Å². The lowest BCUT2D eigenvalue weighted by molar-refractivity contribution is -0.274. The molecule has 24 heavy (non-hydrogen) atoms. The minimum absolute atomic E-state index is 0.446. The second kappa shape index (κ2) is 5.93. The Hall–Kier alpha value is -3.53. The van der Waals surface area contributed by atoms with Gasteiger partial charge >= 0.3 is 6.36 Å². The summed E-state index contributed by atoms with van der Waals surface area (Å²) in [6.45, 7) is 0. The quantitative estimate of drug-likeness (QED) is 0.816. The molecule has 0 fully saturated rings. The number of hydrogen-bond acceptors (Lipinski definition) is 5. The maximum absolute atomic E-state index is 14.1. The van der Waals surface area contributed by atoms with Crippen LogP contribution in [0.5, 0.6) is 5.75 Å². The molecule has 0 bridgehead atoms. The average molecular weight is 338 g/mol. The number of H-pyrrole nitrogens is 1. The number of pyridine rings is 1. The van der Waals surface area contributed by atoms with Crippen LogP contribution < -0.4 is 16.0 Å². The lowest BCUT2D eigenvalue weighted by atomic mass is 9.96. The van der Waals surface area contributed by atoms with Gasteiger partial charge in [-0.3, -0.25) is 4.79 Å². The molecule has 0 aliphatic carbocycles. The molecule has 0 atom stereocenters. The molecule has 10 heteroatoms. The first-order valence-electron chi connectivity index (χ1n) is 6.09. The fourth-order valence-corrected chi connectivity index (χ4v) is 2.01. The Bertz CT molecular complexity index is 951. The molecule has 1 heterocycles. The van der Waals surface area contributed by atoms with E-state index in [2.05, 4.69) is 4.74 Å². The number of anilines is 1. The number of nitrogens with zero attached hydrogens (tertiary/aromatic N) is 2. The fourth-order valence-electron chi connectivity index (χ4n) is 2.01. The number of nitrogens with two attached hydrogens (primary N) is 1. The van der Waals surface area contributed by atoms with E-state index in [9.17, 15) is 22.4 Å². The normalized spacial score (nSPS) is 10.8. The van der Waals surface area contributed by atoms with Gasteiger partial charge in [-0.15, -0.1) is 13.2 Å². The molecule has 3 N–H and O–H groups in total. The van der Waals surface area contributed by atoms with Crippen LogP contribution in [-0.2, 0) is 0 Å². The van der Waals surface area contributed by atoms with Crippen molar-refractivity contribution in [3.63, 3.8) is 0 Å². The summed E-state index contributed by atoms with van der Waals surface area (Å²) in [5.74, 6) is -2.30. The van der Waals surface area contributed by atoms with Crippen molar-refractivity contribution in [2.75, 3.05) is 5.73 Å². The minimum Gasteiger partial charge on any atom is -0.406 e. The SMILES string of the molecule is N#Cc1c(N)[nH]c(=O)c(C#N)c1-c1cc(OC(F)(F)F)ccc1F. The maximum Gasteiger partial charge on any atom is 0.573 e. The van der Waals surface area contributed by atoms with Crippen LogP contribution in [0.3, 0.4) is 0 Å². The predicted molar refractivity (Wildman–Crippen MR) is 73.0 cm³/mol. The van der Waals surface area contributed by atoms with Crippen molar-refractivity contribution in [2.24, 2.45) is 0 Å². The van der Waals surface area contributed by atoms with E-state index in [1.54, 1.807) is 6.07 Å². The summed E-state index contributed by atoms with van der Waals surface area (Å²) in [6, 6.07) is 5.04. The van der Waals surface area contributed by atoms with Crippen molar-refractivity contribution in [1.82, 2.24) is 4.98 Å². The van der Waals surface area contributed by atoms with Crippen LogP contribution >= 0.6 is 0 Å². The summed E-state index contributed by atoms with van der Waals surface area (Å²) in [6.07, 6.45) is -5.03. The number of aromatic nitrogens is 1. The number of aromatic amines is 1. The summed E-state index contributed by atoms with van der Waals surface area (Å²) in [7, 11) is 0. The van der Waals surface area contributed by atoms with Crippen LogP contribution in [0.4, 0.5) is 23.4 Å². The van der Waals surface area contributed by atoms with Gasteiger partial charge in [0.1, 0.15) is 40.6 Å². The molecule has 0 saturated heterocycles. The molecule has 0 aliphatic heterocycles. The standard InChI is InChI=1S/C14H6F4N4O2/c15-10-2-1-6(24-14(16,17)18)3-7(10)11-8(4-19)12(21)22-13(23)9(11)5-20/h1-3H,(H3,21,22,23). The predicted octanol–water partition coefficient (Wildman–Crippen LogP) is 2.41. The third-order valence-corrected chi connectivity index (χ3v) is 2.91. The summed E-state index contributed by atoms with van der Waals surface area (Å²) in [4.78, 5) is 13.8. The Morgan fingerprint density at radius 2 is 1.79 bits per heavy atom. The molecule has 1 aromatic heterocycles. The Labute approximate surface area is 131 Å². The first-order chi connectivity index (χ1) is 11.2. The van der Waals surface area contributed by atoms with Crippen LogP contribution in [0.25, 0.3) is 11.1 Å². The highest BCUT2D eigenvalue weighted by Gasteiger charge is 2.31. The van der Waals surface area contributed by atoms with Crippen molar-refractivity contribution in [3.8, 4) is 29.0 Å². The third-order valence-electron chi connectivity index (χ3n) is 2.91. The van der Waals surface area contributed by atoms with Gasteiger partial charge < -0.3 is 15.5 Å². The van der Waals surface area contributed by atoms with Crippen molar-refractivity contribution in [1.29, 1.82) is 10.5 Å². The summed E-state index contributed by atoms with van der Waals surface area (Å²) >= 11 is 0. The van der Waals surface area contributed by atoms with E-state index < -0.39 is 51.6 Å². The lowest BCUT2D eigenvalue weighted by Gasteiger charge is -2.13. The molecular formula is C14H6F4N4O2. The topological polar surface area (TPSA) is 116 Å². The summed E-state index contributed by atoms with van der Waals surface area (Å²) < 4.78 is 54.7. The first kappa shape index (κ1) is 16.8. The molecule has 2 aromatic rings. The van der Waals surface area contributed by atoms with Gasteiger partial charge in [0.2, 0.25) is 0 Å². The number of hydrogen-bond donors (Lipinski definition) is 2. The highest BCUT2D eigenvalue weighted by atomic mass is 19.4. The Morgan fingerprint density at radius 3 is 2.33 bits per heavy atom. The van der Waals surface area contributed by atoms with Gasteiger partial charge in [-0.2, -0.15) is 10.5 Å². The van der Waals surface area contributed by atoms with Gasteiger partial charge in [-0.1, -0.05) is 0 Å².